The van der Waals surface area contributed by atoms with Crippen LogP contribution in [-0.2, 0) is 4.74 Å². The minimum absolute atomic E-state index is 0.145. The third-order valence-electron chi connectivity index (χ3n) is 4.01. The Bertz CT molecular complexity index is 587. The maximum absolute atomic E-state index is 6.22. The molecule has 3 rings (SSSR count). The summed E-state index contributed by atoms with van der Waals surface area (Å²) >= 11 is 1.62. The number of fused-ring (bicyclic) bond motifs is 1. The molecule has 0 aliphatic carbocycles. The number of ether oxygens (including phenoxy) is 2. The summed E-state index contributed by atoms with van der Waals surface area (Å²) in [6.07, 6.45) is 5.12. The van der Waals surface area contributed by atoms with Crippen LogP contribution in [0.2, 0.25) is 0 Å². The predicted octanol–water partition coefficient (Wildman–Crippen LogP) is 3.73. The fourth-order valence-electron chi connectivity index (χ4n) is 2.80. The van der Waals surface area contributed by atoms with E-state index in [0.29, 0.717) is 0 Å². The van der Waals surface area contributed by atoms with Crippen LogP contribution in [0.4, 0.5) is 0 Å². The van der Waals surface area contributed by atoms with Gasteiger partial charge in [0.25, 0.3) is 5.19 Å². The van der Waals surface area contributed by atoms with E-state index < -0.39 is 0 Å². The van der Waals surface area contributed by atoms with Gasteiger partial charge >= 0.3 is 0 Å². The quantitative estimate of drug-likeness (QED) is 0.724. The molecule has 5 heteroatoms. The van der Waals surface area contributed by atoms with Gasteiger partial charge in [-0.2, -0.15) is 0 Å². The third-order valence-corrected chi connectivity index (χ3v) is 4.94. The van der Waals surface area contributed by atoms with E-state index >= 15 is 0 Å². The lowest BCUT2D eigenvalue weighted by Crippen LogP contribution is -2.37. The van der Waals surface area contributed by atoms with Gasteiger partial charge in [-0.05, 0) is 31.4 Å². The maximum atomic E-state index is 6.22. The second kappa shape index (κ2) is 8.43. The van der Waals surface area contributed by atoms with E-state index in [1.807, 2.05) is 24.3 Å². The van der Waals surface area contributed by atoms with Crippen molar-refractivity contribution in [2.24, 2.45) is 0 Å². The van der Waals surface area contributed by atoms with E-state index in [2.05, 4.69) is 22.5 Å². The van der Waals surface area contributed by atoms with Gasteiger partial charge in [0, 0.05) is 26.2 Å². The van der Waals surface area contributed by atoms with Crippen molar-refractivity contribution in [3.05, 3.63) is 36.9 Å². The predicted molar refractivity (Wildman–Crippen MR) is 95.3 cm³/mol. The summed E-state index contributed by atoms with van der Waals surface area (Å²) in [6.45, 7) is 8.50. The molecular formula is C18H24N2O2S. The number of nitrogens with zero attached hydrogens (tertiary/aromatic N) is 2. The Morgan fingerprint density at radius 2 is 2.26 bits per heavy atom. The highest BCUT2D eigenvalue weighted by molar-refractivity contribution is 7.20. The Morgan fingerprint density at radius 3 is 3.13 bits per heavy atom. The smallest absolute Gasteiger partial charge is 0.274 e. The second-order valence-electron chi connectivity index (χ2n) is 5.82. The molecule has 0 saturated carbocycles. The van der Waals surface area contributed by atoms with Crippen molar-refractivity contribution >= 4 is 21.6 Å². The summed E-state index contributed by atoms with van der Waals surface area (Å²) in [6, 6.07) is 8.17. The number of rotatable bonds is 7. The zero-order valence-electron chi connectivity index (χ0n) is 13.4. The maximum Gasteiger partial charge on any atom is 0.274 e. The van der Waals surface area contributed by atoms with Crippen molar-refractivity contribution in [1.82, 2.24) is 9.88 Å². The van der Waals surface area contributed by atoms with Crippen molar-refractivity contribution in [3.8, 4) is 5.19 Å². The lowest BCUT2D eigenvalue weighted by atomic mass is 10.2. The molecule has 2 heterocycles. The highest BCUT2D eigenvalue weighted by atomic mass is 32.1. The van der Waals surface area contributed by atoms with Gasteiger partial charge in [0.2, 0.25) is 0 Å². The average molecular weight is 332 g/mol. The van der Waals surface area contributed by atoms with Gasteiger partial charge in [-0.1, -0.05) is 29.5 Å². The number of allylic oxidation sites excluding steroid dienone is 1. The van der Waals surface area contributed by atoms with Gasteiger partial charge in [-0.25, -0.2) is 4.98 Å². The Hall–Kier alpha value is -1.43. The molecule has 0 N–H and O–H groups in total. The average Bonchev–Trinajstić information content (AvgIpc) is 2.79. The second-order valence-corrected chi connectivity index (χ2v) is 6.81. The van der Waals surface area contributed by atoms with Crippen molar-refractivity contribution < 1.29 is 9.47 Å². The van der Waals surface area contributed by atoms with Gasteiger partial charge in [0.1, 0.15) is 6.10 Å². The Morgan fingerprint density at radius 1 is 1.35 bits per heavy atom. The molecule has 1 aliphatic rings. The van der Waals surface area contributed by atoms with Gasteiger partial charge in [-0.15, -0.1) is 6.58 Å². The van der Waals surface area contributed by atoms with Crippen LogP contribution in [0.1, 0.15) is 19.3 Å². The van der Waals surface area contributed by atoms with Crippen molar-refractivity contribution in [1.29, 1.82) is 0 Å². The fraction of sp³-hybridized carbons (Fsp3) is 0.500. The van der Waals surface area contributed by atoms with Crippen LogP contribution in [0.25, 0.3) is 10.2 Å². The number of hydrogen-bond donors (Lipinski definition) is 0. The van der Waals surface area contributed by atoms with Crippen LogP contribution < -0.4 is 4.74 Å². The number of aromatic nitrogens is 1. The topological polar surface area (TPSA) is 34.6 Å². The van der Waals surface area contributed by atoms with Crippen LogP contribution in [0, 0.1) is 0 Å². The largest absolute Gasteiger partial charge is 0.465 e. The minimum Gasteiger partial charge on any atom is -0.465 e. The first kappa shape index (κ1) is 16.4. The normalized spacial score (nSPS) is 17.7. The minimum atomic E-state index is 0.145. The zero-order valence-corrected chi connectivity index (χ0v) is 14.3. The Labute approximate surface area is 141 Å². The number of hydrogen-bond acceptors (Lipinski definition) is 5. The number of para-hydroxylation sites is 1. The van der Waals surface area contributed by atoms with Gasteiger partial charge < -0.3 is 9.47 Å². The SMILES string of the molecule is C=CCC[C@H](CN1CCCOCC1)Oc1nc2ccccc2s1. The molecular weight excluding hydrogens is 308 g/mol. The van der Waals surface area contributed by atoms with Crippen molar-refractivity contribution in [2.45, 2.75) is 25.4 Å². The molecule has 1 aliphatic heterocycles. The lowest BCUT2D eigenvalue weighted by molar-refractivity contribution is 0.112. The highest BCUT2D eigenvalue weighted by Gasteiger charge is 2.18. The summed E-state index contributed by atoms with van der Waals surface area (Å²) in [4.78, 5) is 7.04. The van der Waals surface area contributed by atoms with Crippen LogP contribution in [-0.4, -0.2) is 48.8 Å². The summed E-state index contributed by atoms with van der Waals surface area (Å²) < 4.78 is 12.9. The first-order valence-corrected chi connectivity index (χ1v) is 9.10. The summed E-state index contributed by atoms with van der Waals surface area (Å²) in [7, 11) is 0. The van der Waals surface area contributed by atoms with Crippen LogP contribution in [0.5, 0.6) is 5.19 Å². The van der Waals surface area contributed by atoms with Crippen molar-refractivity contribution in [3.63, 3.8) is 0 Å². The van der Waals surface area contributed by atoms with E-state index in [9.17, 15) is 0 Å². The molecule has 23 heavy (non-hydrogen) atoms. The number of thiazole rings is 1. The van der Waals surface area contributed by atoms with Crippen LogP contribution >= 0.6 is 11.3 Å². The van der Waals surface area contributed by atoms with Gasteiger partial charge in [-0.3, -0.25) is 4.90 Å². The molecule has 1 aromatic heterocycles. The number of benzene rings is 1. The summed E-state index contributed by atoms with van der Waals surface area (Å²) in [5, 5.41) is 0.770. The molecule has 0 radical (unpaired) electrons. The first-order chi connectivity index (χ1) is 11.3. The monoisotopic (exact) mass is 332 g/mol. The standard InChI is InChI=1S/C18H24N2O2S/c1-2-3-7-15(14-20-10-6-12-21-13-11-20)22-18-19-16-8-4-5-9-17(16)23-18/h2,4-5,8-9,15H,1,3,6-7,10-14H2/t15-/m1/s1. The molecule has 0 unspecified atom stereocenters. The third kappa shape index (κ3) is 4.77. The molecule has 0 amide bonds. The molecule has 124 valence electrons. The molecule has 1 fully saturated rings. The molecule has 1 atom stereocenters. The molecule has 2 aromatic rings. The van der Waals surface area contributed by atoms with Crippen molar-refractivity contribution in [2.75, 3.05) is 32.8 Å². The van der Waals surface area contributed by atoms with E-state index in [1.165, 1.54) is 4.70 Å². The summed E-state index contributed by atoms with van der Waals surface area (Å²) in [5.41, 5.74) is 1.01. The van der Waals surface area contributed by atoms with E-state index in [-0.39, 0.29) is 6.10 Å². The Balaban J connectivity index is 1.66. The highest BCUT2D eigenvalue weighted by Crippen LogP contribution is 2.28. The van der Waals surface area contributed by atoms with E-state index in [4.69, 9.17) is 9.47 Å². The van der Waals surface area contributed by atoms with Crippen LogP contribution in [0.15, 0.2) is 36.9 Å². The molecule has 4 nitrogen and oxygen atoms in total. The van der Waals surface area contributed by atoms with Gasteiger partial charge in [0.05, 0.1) is 16.8 Å². The zero-order chi connectivity index (χ0) is 15.9. The fourth-order valence-corrected chi connectivity index (χ4v) is 3.68. The first-order valence-electron chi connectivity index (χ1n) is 8.28. The molecule has 1 saturated heterocycles. The van der Waals surface area contributed by atoms with E-state index in [0.717, 1.165) is 62.8 Å². The molecule has 0 spiro atoms. The Kier molecular flexibility index (Phi) is 6.02. The van der Waals surface area contributed by atoms with Gasteiger partial charge in [0.15, 0.2) is 0 Å². The van der Waals surface area contributed by atoms with E-state index in [1.54, 1.807) is 11.3 Å². The molecule has 1 aromatic carbocycles. The van der Waals surface area contributed by atoms with Crippen LogP contribution in [0.3, 0.4) is 0 Å². The molecule has 0 bridgehead atoms. The lowest BCUT2D eigenvalue weighted by Gasteiger charge is -2.25. The summed E-state index contributed by atoms with van der Waals surface area (Å²) in [5.74, 6) is 0.